The van der Waals surface area contributed by atoms with E-state index in [0.717, 1.165) is 12.7 Å². The van der Waals surface area contributed by atoms with Gasteiger partial charge in [0.2, 0.25) is 0 Å². The van der Waals surface area contributed by atoms with Crippen molar-refractivity contribution in [3.05, 3.63) is 11.6 Å². The summed E-state index contributed by atoms with van der Waals surface area (Å²) < 4.78 is 5.09. The summed E-state index contributed by atoms with van der Waals surface area (Å²) in [6, 6.07) is 0. The van der Waals surface area contributed by atoms with Crippen LogP contribution in [0.25, 0.3) is 0 Å². The first-order valence-corrected chi connectivity index (χ1v) is 4.13. The Morgan fingerprint density at radius 3 is 3.09 bits per heavy atom. The van der Waals surface area contributed by atoms with Gasteiger partial charge in [0.25, 0.3) is 0 Å². The summed E-state index contributed by atoms with van der Waals surface area (Å²) in [5.74, 6) is 0. The summed E-state index contributed by atoms with van der Waals surface area (Å²) in [7, 11) is 0. The molecule has 0 N–H and O–H groups in total. The molecule has 11 heavy (non-hydrogen) atoms. The van der Waals surface area contributed by atoms with Crippen LogP contribution < -0.4 is 0 Å². The number of allylic oxidation sites excluding steroid dienone is 1. The fourth-order valence-electron chi connectivity index (χ4n) is 1.27. The lowest BCUT2D eigenvalue weighted by atomic mass is 10.0. The molecule has 0 heterocycles. The highest BCUT2D eigenvalue weighted by atomic mass is 16.5. The van der Waals surface area contributed by atoms with E-state index in [9.17, 15) is 4.79 Å². The van der Waals surface area contributed by atoms with Gasteiger partial charge in [0.1, 0.15) is 12.9 Å². The number of hydrogen-bond acceptors (Lipinski definition) is 2. The van der Waals surface area contributed by atoms with E-state index in [2.05, 4.69) is 6.08 Å². The molecule has 0 spiro atoms. The molecule has 1 aliphatic carbocycles. The van der Waals surface area contributed by atoms with Crippen LogP contribution >= 0.6 is 0 Å². The van der Waals surface area contributed by atoms with Gasteiger partial charge in [-0.15, -0.1) is 0 Å². The molecule has 0 aromatic carbocycles. The minimum Gasteiger partial charge on any atom is -0.370 e. The van der Waals surface area contributed by atoms with E-state index in [1.54, 1.807) is 0 Å². The van der Waals surface area contributed by atoms with Gasteiger partial charge in [-0.25, -0.2) is 0 Å². The van der Waals surface area contributed by atoms with Crippen molar-refractivity contribution in [2.45, 2.75) is 25.7 Å². The van der Waals surface area contributed by atoms with Crippen LogP contribution in [0.3, 0.4) is 0 Å². The van der Waals surface area contributed by atoms with Crippen LogP contribution in [0.5, 0.6) is 0 Å². The summed E-state index contributed by atoms with van der Waals surface area (Å²) in [6.45, 7) is 0.885. The molecule has 0 bridgehead atoms. The molecule has 0 saturated carbocycles. The number of aldehydes is 1. The Hall–Kier alpha value is -0.630. The molecule has 0 radical (unpaired) electrons. The third-order valence-corrected chi connectivity index (χ3v) is 1.86. The lowest BCUT2D eigenvalue weighted by Gasteiger charge is -2.11. The zero-order chi connectivity index (χ0) is 7.94. The van der Waals surface area contributed by atoms with Crippen molar-refractivity contribution >= 4 is 6.29 Å². The van der Waals surface area contributed by atoms with E-state index < -0.39 is 0 Å². The second-order valence-electron chi connectivity index (χ2n) is 2.79. The first kappa shape index (κ1) is 8.47. The maximum absolute atomic E-state index is 9.90. The first-order valence-electron chi connectivity index (χ1n) is 4.13. The SMILES string of the molecule is O=CCOCC1=CCCCC1. The van der Waals surface area contributed by atoms with Crippen LogP contribution in [0.1, 0.15) is 25.7 Å². The Morgan fingerprint density at radius 2 is 2.45 bits per heavy atom. The normalized spacial score (nSPS) is 17.6. The molecule has 2 heteroatoms. The van der Waals surface area contributed by atoms with Gasteiger partial charge in [-0.2, -0.15) is 0 Å². The van der Waals surface area contributed by atoms with Crippen LogP contribution in [0.2, 0.25) is 0 Å². The van der Waals surface area contributed by atoms with Gasteiger partial charge in [0.05, 0.1) is 6.61 Å². The second kappa shape index (κ2) is 5.08. The van der Waals surface area contributed by atoms with Crippen molar-refractivity contribution in [2.75, 3.05) is 13.2 Å². The van der Waals surface area contributed by atoms with Crippen LogP contribution in [0.4, 0.5) is 0 Å². The summed E-state index contributed by atoms with van der Waals surface area (Å²) in [5.41, 5.74) is 1.36. The van der Waals surface area contributed by atoms with E-state index in [0.29, 0.717) is 6.61 Å². The van der Waals surface area contributed by atoms with Crippen molar-refractivity contribution < 1.29 is 9.53 Å². The lowest BCUT2D eigenvalue weighted by molar-refractivity contribution is -0.111. The quantitative estimate of drug-likeness (QED) is 0.350. The van der Waals surface area contributed by atoms with Crippen LogP contribution in [0.15, 0.2) is 11.6 Å². The molecule has 0 amide bonds. The smallest absolute Gasteiger partial charge is 0.145 e. The molecule has 0 saturated heterocycles. The zero-order valence-corrected chi connectivity index (χ0v) is 6.71. The average Bonchev–Trinajstić information content (AvgIpc) is 2.07. The van der Waals surface area contributed by atoms with Gasteiger partial charge in [-0.1, -0.05) is 6.08 Å². The molecule has 0 aromatic rings. The Bertz CT molecular complexity index is 150. The lowest BCUT2D eigenvalue weighted by Crippen LogP contribution is -2.03. The van der Waals surface area contributed by atoms with Gasteiger partial charge >= 0.3 is 0 Å². The van der Waals surface area contributed by atoms with Crippen molar-refractivity contribution in [1.82, 2.24) is 0 Å². The summed E-state index contributed by atoms with van der Waals surface area (Å²) >= 11 is 0. The van der Waals surface area contributed by atoms with Crippen molar-refractivity contribution in [3.63, 3.8) is 0 Å². The Labute approximate surface area is 67.2 Å². The van der Waals surface area contributed by atoms with Gasteiger partial charge in [-0.05, 0) is 31.3 Å². The van der Waals surface area contributed by atoms with Crippen LogP contribution in [-0.4, -0.2) is 19.5 Å². The van der Waals surface area contributed by atoms with Gasteiger partial charge in [0.15, 0.2) is 0 Å². The van der Waals surface area contributed by atoms with Gasteiger partial charge in [-0.3, -0.25) is 0 Å². The van der Waals surface area contributed by atoms with E-state index in [1.165, 1.54) is 24.8 Å². The first-order chi connectivity index (χ1) is 5.43. The molecule has 0 fully saturated rings. The topological polar surface area (TPSA) is 26.3 Å². The van der Waals surface area contributed by atoms with Gasteiger partial charge < -0.3 is 9.53 Å². The maximum Gasteiger partial charge on any atom is 0.145 e. The summed E-state index contributed by atoms with van der Waals surface area (Å²) in [6.07, 6.45) is 7.93. The largest absolute Gasteiger partial charge is 0.370 e. The molecule has 1 rings (SSSR count). The molecule has 1 aliphatic rings. The highest BCUT2D eigenvalue weighted by Crippen LogP contribution is 2.16. The van der Waals surface area contributed by atoms with Gasteiger partial charge in [0, 0.05) is 0 Å². The molecule has 0 atom stereocenters. The fourth-order valence-corrected chi connectivity index (χ4v) is 1.27. The number of rotatable bonds is 4. The highest BCUT2D eigenvalue weighted by molar-refractivity contribution is 5.50. The standard InChI is InChI=1S/C9H14O2/c10-6-7-11-8-9-4-2-1-3-5-9/h4,6H,1-3,5,7-8H2. The predicted octanol–water partition coefficient (Wildman–Crippen LogP) is 1.70. The molecular formula is C9H14O2. The minimum atomic E-state index is 0.233. The third-order valence-electron chi connectivity index (χ3n) is 1.86. The number of ether oxygens (including phenoxy) is 1. The summed E-state index contributed by atoms with van der Waals surface area (Å²) in [5, 5.41) is 0. The Kier molecular flexibility index (Phi) is 3.91. The van der Waals surface area contributed by atoms with E-state index >= 15 is 0 Å². The minimum absolute atomic E-state index is 0.233. The molecule has 0 aliphatic heterocycles. The molecule has 2 nitrogen and oxygen atoms in total. The summed E-state index contributed by atoms with van der Waals surface area (Å²) in [4.78, 5) is 9.90. The number of carbonyl (C=O) groups excluding carboxylic acids is 1. The number of carbonyl (C=O) groups is 1. The average molecular weight is 154 g/mol. The Balaban J connectivity index is 2.14. The monoisotopic (exact) mass is 154 g/mol. The molecule has 62 valence electrons. The Morgan fingerprint density at radius 1 is 1.55 bits per heavy atom. The van der Waals surface area contributed by atoms with Crippen LogP contribution in [-0.2, 0) is 9.53 Å². The molecular weight excluding hydrogens is 140 g/mol. The van der Waals surface area contributed by atoms with Crippen molar-refractivity contribution in [2.24, 2.45) is 0 Å². The highest BCUT2D eigenvalue weighted by Gasteiger charge is 2.02. The maximum atomic E-state index is 9.90. The van der Waals surface area contributed by atoms with E-state index in [-0.39, 0.29) is 6.61 Å². The fraction of sp³-hybridized carbons (Fsp3) is 0.667. The van der Waals surface area contributed by atoms with Crippen LogP contribution in [0, 0.1) is 0 Å². The predicted molar refractivity (Wildman–Crippen MR) is 43.4 cm³/mol. The molecule has 0 aromatic heterocycles. The second-order valence-corrected chi connectivity index (χ2v) is 2.79. The van der Waals surface area contributed by atoms with E-state index in [1.807, 2.05) is 0 Å². The van der Waals surface area contributed by atoms with E-state index in [4.69, 9.17) is 4.74 Å². The van der Waals surface area contributed by atoms with Crippen molar-refractivity contribution in [1.29, 1.82) is 0 Å². The third kappa shape index (κ3) is 3.33. The van der Waals surface area contributed by atoms with Crippen molar-refractivity contribution in [3.8, 4) is 0 Å². The zero-order valence-electron chi connectivity index (χ0n) is 6.71. The number of hydrogen-bond donors (Lipinski definition) is 0. The molecule has 0 unspecified atom stereocenters.